The van der Waals surface area contributed by atoms with Crippen LogP contribution in [-0.4, -0.2) is 54.4 Å². The molecule has 1 aliphatic rings. The Morgan fingerprint density at radius 2 is 2.14 bits per heavy atom. The number of anilines is 1. The van der Waals surface area contributed by atoms with Gasteiger partial charge in [0.15, 0.2) is 5.60 Å². The van der Waals surface area contributed by atoms with Gasteiger partial charge in [-0.2, -0.15) is 13.2 Å². The summed E-state index contributed by atoms with van der Waals surface area (Å²) >= 11 is 0. The highest BCUT2D eigenvalue weighted by atomic mass is 19.4. The molecule has 0 radical (unpaired) electrons. The van der Waals surface area contributed by atoms with E-state index in [-0.39, 0.29) is 13.1 Å². The first-order chi connectivity index (χ1) is 10.3. The van der Waals surface area contributed by atoms with Crippen molar-refractivity contribution in [2.24, 2.45) is 0 Å². The average Bonchev–Trinajstić information content (AvgIpc) is 2.88. The topological polar surface area (TPSA) is 61.8 Å². The SMILES string of the molecule is COc1ccccc1NCC(=O)N1CCC(O)(C(F)(F)F)C1. The van der Waals surface area contributed by atoms with E-state index in [1.165, 1.54) is 7.11 Å². The number of nitrogens with zero attached hydrogens (tertiary/aromatic N) is 1. The molecule has 2 rings (SSSR count). The molecule has 1 heterocycles. The quantitative estimate of drug-likeness (QED) is 0.886. The molecule has 5 nitrogen and oxygen atoms in total. The fraction of sp³-hybridized carbons (Fsp3) is 0.500. The number of alkyl halides is 3. The third kappa shape index (κ3) is 3.27. The number of rotatable bonds is 4. The van der Waals surface area contributed by atoms with Crippen LogP contribution in [0.3, 0.4) is 0 Å². The fourth-order valence-electron chi connectivity index (χ4n) is 2.31. The molecule has 1 aliphatic heterocycles. The third-order valence-corrected chi connectivity index (χ3v) is 3.67. The largest absolute Gasteiger partial charge is 0.495 e. The zero-order valence-electron chi connectivity index (χ0n) is 12.0. The second kappa shape index (κ2) is 6.04. The number of methoxy groups -OCH3 is 1. The molecule has 0 spiro atoms. The number of hydrogen-bond donors (Lipinski definition) is 2. The summed E-state index contributed by atoms with van der Waals surface area (Å²) in [4.78, 5) is 13.0. The Hall–Kier alpha value is -1.96. The lowest BCUT2D eigenvalue weighted by atomic mass is 10.0. The van der Waals surface area contributed by atoms with E-state index in [9.17, 15) is 23.1 Å². The van der Waals surface area contributed by atoms with Gasteiger partial charge in [-0.05, 0) is 12.1 Å². The maximum atomic E-state index is 12.7. The molecular formula is C14H17F3N2O3. The van der Waals surface area contributed by atoms with Crippen molar-refractivity contribution in [1.29, 1.82) is 0 Å². The number of para-hydroxylation sites is 2. The number of likely N-dealkylation sites (tertiary alicyclic amines) is 1. The summed E-state index contributed by atoms with van der Waals surface area (Å²) in [6.07, 6.45) is -5.24. The molecule has 0 bridgehead atoms. The Bertz CT molecular complexity index is 550. The molecule has 1 aromatic rings. The van der Waals surface area contributed by atoms with E-state index in [2.05, 4.69) is 5.32 Å². The van der Waals surface area contributed by atoms with Gasteiger partial charge in [0.05, 0.1) is 25.9 Å². The van der Waals surface area contributed by atoms with Gasteiger partial charge in [-0.3, -0.25) is 4.79 Å². The van der Waals surface area contributed by atoms with Crippen LogP contribution in [0.5, 0.6) is 5.75 Å². The van der Waals surface area contributed by atoms with Gasteiger partial charge >= 0.3 is 6.18 Å². The average molecular weight is 318 g/mol. The van der Waals surface area contributed by atoms with E-state index in [4.69, 9.17) is 4.74 Å². The monoisotopic (exact) mass is 318 g/mol. The molecule has 2 N–H and O–H groups in total. The Morgan fingerprint density at radius 3 is 2.73 bits per heavy atom. The standard InChI is InChI=1S/C14H17F3N2O3/c1-22-11-5-3-2-4-10(11)18-8-12(20)19-7-6-13(21,9-19)14(15,16)17/h2-5,18,21H,6-9H2,1H3. The van der Waals surface area contributed by atoms with Crippen LogP contribution in [0, 0.1) is 0 Å². The van der Waals surface area contributed by atoms with Crippen molar-refractivity contribution < 1.29 is 27.8 Å². The molecule has 8 heteroatoms. The van der Waals surface area contributed by atoms with Crippen molar-refractivity contribution in [2.75, 3.05) is 32.1 Å². The first-order valence-corrected chi connectivity index (χ1v) is 6.70. The number of halogens is 3. The van der Waals surface area contributed by atoms with Crippen LogP contribution >= 0.6 is 0 Å². The minimum absolute atomic E-state index is 0.123. The first kappa shape index (κ1) is 16.4. The smallest absolute Gasteiger partial charge is 0.419 e. The van der Waals surface area contributed by atoms with Gasteiger partial charge < -0.3 is 20.1 Å². The van der Waals surface area contributed by atoms with E-state index < -0.39 is 30.7 Å². The van der Waals surface area contributed by atoms with Gasteiger partial charge in [0.2, 0.25) is 5.91 Å². The summed E-state index contributed by atoms with van der Waals surface area (Å²) in [5.41, 5.74) is -2.24. The molecule has 0 aromatic heterocycles. The third-order valence-electron chi connectivity index (χ3n) is 3.67. The van der Waals surface area contributed by atoms with E-state index in [1.807, 2.05) is 0 Å². The zero-order valence-corrected chi connectivity index (χ0v) is 12.0. The summed E-state index contributed by atoms with van der Waals surface area (Å²) in [5, 5.41) is 12.4. The summed E-state index contributed by atoms with van der Waals surface area (Å²) in [7, 11) is 1.48. The Kier molecular flexibility index (Phi) is 4.50. The van der Waals surface area contributed by atoms with Crippen molar-refractivity contribution >= 4 is 11.6 Å². The Morgan fingerprint density at radius 1 is 1.45 bits per heavy atom. The minimum atomic E-state index is -4.74. The molecule has 22 heavy (non-hydrogen) atoms. The van der Waals surface area contributed by atoms with E-state index in [0.29, 0.717) is 11.4 Å². The van der Waals surface area contributed by atoms with Crippen molar-refractivity contribution in [3.05, 3.63) is 24.3 Å². The number of ether oxygens (including phenoxy) is 1. The Labute approximate surface area is 125 Å². The van der Waals surface area contributed by atoms with E-state index in [1.54, 1.807) is 24.3 Å². The number of benzene rings is 1. The highest BCUT2D eigenvalue weighted by molar-refractivity contribution is 5.81. The summed E-state index contributed by atoms with van der Waals surface area (Å²) in [5.74, 6) is 0.0228. The number of β-amino-alcohol motifs (C(OH)–C–C–N with tert-alkyl or cyclic N) is 1. The minimum Gasteiger partial charge on any atom is -0.495 e. The van der Waals surface area contributed by atoms with Crippen LogP contribution in [0.2, 0.25) is 0 Å². The molecule has 1 amide bonds. The number of carbonyl (C=O) groups is 1. The lowest BCUT2D eigenvalue weighted by molar-refractivity contribution is -0.253. The van der Waals surface area contributed by atoms with Gasteiger partial charge in [0.1, 0.15) is 5.75 Å². The second-order valence-electron chi connectivity index (χ2n) is 5.15. The lowest BCUT2D eigenvalue weighted by Crippen LogP contribution is -2.48. The van der Waals surface area contributed by atoms with E-state index >= 15 is 0 Å². The summed E-state index contributed by atoms with van der Waals surface area (Å²) < 4.78 is 43.2. The molecule has 1 atom stereocenters. The van der Waals surface area contributed by atoms with Crippen LogP contribution in [0.4, 0.5) is 18.9 Å². The molecule has 1 saturated heterocycles. The summed E-state index contributed by atoms with van der Waals surface area (Å²) in [6, 6.07) is 6.90. The molecule has 0 aliphatic carbocycles. The highest BCUT2D eigenvalue weighted by Crippen LogP contribution is 2.37. The van der Waals surface area contributed by atoms with Crippen molar-refractivity contribution in [2.45, 2.75) is 18.2 Å². The predicted molar refractivity (Wildman–Crippen MR) is 73.7 cm³/mol. The van der Waals surface area contributed by atoms with Gasteiger partial charge in [-0.25, -0.2) is 0 Å². The molecule has 1 aromatic carbocycles. The van der Waals surface area contributed by atoms with Crippen LogP contribution in [0.1, 0.15) is 6.42 Å². The molecule has 1 unspecified atom stereocenters. The normalized spacial score (nSPS) is 21.8. The number of aliphatic hydroxyl groups is 1. The van der Waals surface area contributed by atoms with Gasteiger partial charge in [-0.15, -0.1) is 0 Å². The van der Waals surface area contributed by atoms with Crippen LogP contribution in [-0.2, 0) is 4.79 Å². The van der Waals surface area contributed by atoms with Gasteiger partial charge in [0, 0.05) is 13.0 Å². The molecule has 1 fully saturated rings. The number of carbonyl (C=O) groups excluding carboxylic acids is 1. The van der Waals surface area contributed by atoms with Crippen LogP contribution < -0.4 is 10.1 Å². The maximum Gasteiger partial charge on any atom is 0.419 e. The van der Waals surface area contributed by atoms with Crippen molar-refractivity contribution in [3.63, 3.8) is 0 Å². The second-order valence-corrected chi connectivity index (χ2v) is 5.15. The van der Waals surface area contributed by atoms with Gasteiger partial charge in [-0.1, -0.05) is 12.1 Å². The molecule has 0 saturated carbocycles. The van der Waals surface area contributed by atoms with Gasteiger partial charge in [0.25, 0.3) is 0 Å². The number of hydrogen-bond acceptors (Lipinski definition) is 4. The van der Waals surface area contributed by atoms with Crippen molar-refractivity contribution in [1.82, 2.24) is 4.90 Å². The van der Waals surface area contributed by atoms with Crippen LogP contribution in [0.25, 0.3) is 0 Å². The van der Waals surface area contributed by atoms with Crippen molar-refractivity contribution in [3.8, 4) is 5.75 Å². The molecular weight excluding hydrogens is 301 g/mol. The highest BCUT2D eigenvalue weighted by Gasteiger charge is 2.57. The Balaban J connectivity index is 1.94. The maximum absolute atomic E-state index is 12.7. The number of nitrogens with one attached hydrogen (secondary N) is 1. The lowest BCUT2D eigenvalue weighted by Gasteiger charge is -2.26. The zero-order chi connectivity index (χ0) is 16.4. The summed E-state index contributed by atoms with van der Waals surface area (Å²) in [6.45, 7) is -1.03. The van der Waals surface area contributed by atoms with E-state index in [0.717, 1.165) is 4.90 Å². The first-order valence-electron chi connectivity index (χ1n) is 6.70. The number of amides is 1. The predicted octanol–water partition coefficient (Wildman–Crippen LogP) is 1.63. The molecule has 122 valence electrons. The van der Waals surface area contributed by atoms with Crippen LogP contribution in [0.15, 0.2) is 24.3 Å². The fourth-order valence-corrected chi connectivity index (χ4v) is 2.31.